The maximum Gasteiger partial charge on any atom is 0.0264 e. The van der Waals surface area contributed by atoms with Gasteiger partial charge < -0.3 is 0 Å². The summed E-state index contributed by atoms with van der Waals surface area (Å²) in [4.78, 5) is 0. The van der Waals surface area contributed by atoms with E-state index in [0.717, 1.165) is 6.42 Å². The molecule has 0 heterocycles. The summed E-state index contributed by atoms with van der Waals surface area (Å²) in [5.74, 6) is 5.57. The van der Waals surface area contributed by atoms with Crippen molar-refractivity contribution in [3.8, 4) is 0 Å². The summed E-state index contributed by atoms with van der Waals surface area (Å²) in [5.41, 5.74) is 3.48. The largest absolute Gasteiger partial charge is 0.271 e. The van der Waals surface area contributed by atoms with Crippen molar-refractivity contribution in [3.63, 3.8) is 0 Å². The summed E-state index contributed by atoms with van der Waals surface area (Å²) >= 11 is 0. The number of allylic oxidation sites excluding steroid dienone is 1. The number of nitrogens with two attached hydrogens (primary N) is 1. The van der Waals surface area contributed by atoms with Crippen LogP contribution in [0.2, 0.25) is 0 Å². The van der Waals surface area contributed by atoms with Crippen molar-refractivity contribution in [3.05, 3.63) is 12.7 Å². The van der Waals surface area contributed by atoms with Crippen LogP contribution in [-0.2, 0) is 0 Å². The molecule has 1 aliphatic carbocycles. The maximum absolute atomic E-state index is 5.57. The Morgan fingerprint density at radius 2 is 2.14 bits per heavy atom. The van der Waals surface area contributed by atoms with Crippen molar-refractivity contribution in [1.82, 2.24) is 5.43 Å². The average molecular weight is 196 g/mol. The van der Waals surface area contributed by atoms with Crippen LogP contribution in [0.4, 0.5) is 0 Å². The highest BCUT2D eigenvalue weighted by molar-refractivity contribution is 4.97. The molecule has 82 valence electrons. The average Bonchev–Trinajstić information content (AvgIpc) is 2.91. The summed E-state index contributed by atoms with van der Waals surface area (Å²) in [7, 11) is 0. The van der Waals surface area contributed by atoms with Crippen LogP contribution in [-0.4, -0.2) is 6.04 Å². The van der Waals surface area contributed by atoms with Crippen LogP contribution in [0.3, 0.4) is 0 Å². The van der Waals surface area contributed by atoms with Gasteiger partial charge in [-0.1, -0.05) is 25.8 Å². The fourth-order valence-corrected chi connectivity index (χ4v) is 1.99. The minimum atomic E-state index is 0.507. The molecular formula is C12H24N2. The smallest absolute Gasteiger partial charge is 0.0264 e. The molecule has 1 unspecified atom stereocenters. The first-order valence-electron chi connectivity index (χ1n) is 5.80. The van der Waals surface area contributed by atoms with Crippen LogP contribution in [0.15, 0.2) is 12.7 Å². The van der Waals surface area contributed by atoms with Gasteiger partial charge in [0, 0.05) is 6.04 Å². The summed E-state index contributed by atoms with van der Waals surface area (Å²) in [6, 6.07) is 0.534. The van der Waals surface area contributed by atoms with Crippen molar-refractivity contribution < 1.29 is 0 Å². The second kappa shape index (κ2) is 5.52. The second-order valence-corrected chi connectivity index (χ2v) is 4.80. The fraction of sp³-hybridized carbons (Fsp3) is 0.833. The standard InChI is InChI=1S/C12H24N2/c1-3-4-5-6-7-8-11(14-13)12(2)9-10-12/h3,11,14H,1,4-10,13H2,2H3. The zero-order valence-electron chi connectivity index (χ0n) is 9.39. The zero-order valence-corrected chi connectivity index (χ0v) is 9.39. The number of nitrogens with one attached hydrogen (secondary N) is 1. The van der Waals surface area contributed by atoms with Crippen molar-refractivity contribution in [2.45, 2.75) is 57.9 Å². The van der Waals surface area contributed by atoms with Crippen LogP contribution in [0.5, 0.6) is 0 Å². The molecule has 2 heteroatoms. The van der Waals surface area contributed by atoms with E-state index in [-0.39, 0.29) is 0 Å². The second-order valence-electron chi connectivity index (χ2n) is 4.80. The van der Waals surface area contributed by atoms with Crippen LogP contribution in [0.25, 0.3) is 0 Å². The summed E-state index contributed by atoms with van der Waals surface area (Å²) in [5, 5.41) is 0. The van der Waals surface area contributed by atoms with E-state index >= 15 is 0 Å². The van der Waals surface area contributed by atoms with Crippen molar-refractivity contribution in [1.29, 1.82) is 0 Å². The van der Waals surface area contributed by atoms with Crippen LogP contribution in [0, 0.1) is 5.41 Å². The number of hydrazine groups is 1. The summed E-state index contributed by atoms with van der Waals surface area (Å²) in [6.07, 6.45) is 10.9. The molecule has 1 aliphatic rings. The van der Waals surface area contributed by atoms with E-state index < -0.39 is 0 Å². The number of rotatable bonds is 8. The number of unbranched alkanes of at least 4 members (excludes halogenated alkanes) is 3. The molecular weight excluding hydrogens is 172 g/mol. The molecule has 0 bridgehead atoms. The molecule has 1 saturated carbocycles. The molecule has 3 N–H and O–H groups in total. The van der Waals surface area contributed by atoms with Gasteiger partial charge in [-0.25, -0.2) is 0 Å². The molecule has 14 heavy (non-hydrogen) atoms. The Balaban J connectivity index is 2.06. The summed E-state index contributed by atoms with van der Waals surface area (Å²) in [6.45, 7) is 6.06. The third kappa shape index (κ3) is 3.43. The Morgan fingerprint density at radius 1 is 1.43 bits per heavy atom. The minimum absolute atomic E-state index is 0.507. The third-order valence-electron chi connectivity index (χ3n) is 3.48. The van der Waals surface area contributed by atoms with E-state index in [2.05, 4.69) is 18.9 Å². The topological polar surface area (TPSA) is 38.0 Å². The van der Waals surface area contributed by atoms with E-state index in [1.807, 2.05) is 6.08 Å². The van der Waals surface area contributed by atoms with E-state index in [0.29, 0.717) is 11.5 Å². The van der Waals surface area contributed by atoms with Crippen LogP contribution >= 0.6 is 0 Å². The molecule has 1 fully saturated rings. The molecule has 0 aliphatic heterocycles. The highest BCUT2D eigenvalue weighted by atomic mass is 15.2. The molecule has 0 amide bonds. The highest BCUT2D eigenvalue weighted by Gasteiger charge is 2.43. The predicted octanol–water partition coefficient (Wildman–Crippen LogP) is 2.75. The normalized spacial score (nSPS) is 20.4. The highest BCUT2D eigenvalue weighted by Crippen LogP contribution is 2.49. The van der Waals surface area contributed by atoms with E-state index in [9.17, 15) is 0 Å². The van der Waals surface area contributed by atoms with Gasteiger partial charge in [-0.3, -0.25) is 11.3 Å². The molecule has 0 saturated heterocycles. The Morgan fingerprint density at radius 3 is 2.64 bits per heavy atom. The van der Waals surface area contributed by atoms with Gasteiger partial charge in [-0.05, 0) is 37.5 Å². The Kier molecular flexibility index (Phi) is 4.63. The van der Waals surface area contributed by atoms with E-state index in [4.69, 9.17) is 5.84 Å². The quantitative estimate of drug-likeness (QED) is 0.271. The minimum Gasteiger partial charge on any atom is -0.271 e. The lowest BCUT2D eigenvalue weighted by Crippen LogP contribution is -2.40. The lowest BCUT2D eigenvalue weighted by molar-refractivity contribution is 0.331. The van der Waals surface area contributed by atoms with Crippen molar-refractivity contribution in [2.24, 2.45) is 11.3 Å². The first-order valence-corrected chi connectivity index (χ1v) is 5.80. The molecule has 0 radical (unpaired) electrons. The van der Waals surface area contributed by atoms with Gasteiger partial charge in [0.2, 0.25) is 0 Å². The van der Waals surface area contributed by atoms with Gasteiger partial charge in [0.1, 0.15) is 0 Å². The monoisotopic (exact) mass is 196 g/mol. The molecule has 1 atom stereocenters. The van der Waals surface area contributed by atoms with Gasteiger partial charge in [-0.2, -0.15) is 0 Å². The Labute approximate surface area is 87.9 Å². The predicted molar refractivity (Wildman–Crippen MR) is 61.7 cm³/mol. The lowest BCUT2D eigenvalue weighted by Gasteiger charge is -2.22. The molecule has 0 spiro atoms. The third-order valence-corrected chi connectivity index (χ3v) is 3.48. The van der Waals surface area contributed by atoms with E-state index in [1.165, 1.54) is 38.5 Å². The number of hydrogen-bond acceptors (Lipinski definition) is 2. The van der Waals surface area contributed by atoms with Gasteiger partial charge in [0.25, 0.3) is 0 Å². The Bertz CT molecular complexity index is 173. The zero-order chi connectivity index (χ0) is 10.4. The van der Waals surface area contributed by atoms with Crippen molar-refractivity contribution >= 4 is 0 Å². The van der Waals surface area contributed by atoms with Gasteiger partial charge in [0.05, 0.1) is 0 Å². The molecule has 2 nitrogen and oxygen atoms in total. The lowest BCUT2D eigenvalue weighted by atomic mass is 9.94. The van der Waals surface area contributed by atoms with Crippen LogP contribution in [0.1, 0.15) is 51.9 Å². The van der Waals surface area contributed by atoms with Gasteiger partial charge in [0.15, 0.2) is 0 Å². The molecule has 0 aromatic heterocycles. The van der Waals surface area contributed by atoms with Gasteiger partial charge in [-0.15, -0.1) is 6.58 Å². The van der Waals surface area contributed by atoms with E-state index in [1.54, 1.807) is 0 Å². The molecule has 0 aromatic rings. The number of hydrogen-bond donors (Lipinski definition) is 2. The molecule has 1 rings (SSSR count). The Hall–Kier alpha value is -0.340. The van der Waals surface area contributed by atoms with Gasteiger partial charge >= 0.3 is 0 Å². The summed E-state index contributed by atoms with van der Waals surface area (Å²) < 4.78 is 0. The van der Waals surface area contributed by atoms with Crippen LogP contribution < -0.4 is 11.3 Å². The SMILES string of the molecule is C=CCCCCCC(NN)C1(C)CC1. The fourth-order valence-electron chi connectivity index (χ4n) is 1.99. The first kappa shape index (κ1) is 11.7. The first-order chi connectivity index (χ1) is 6.73. The molecule has 0 aromatic carbocycles. The maximum atomic E-state index is 5.57. The van der Waals surface area contributed by atoms with Crippen molar-refractivity contribution in [2.75, 3.05) is 0 Å².